The minimum Gasteiger partial charge on any atom is -0.449 e. The van der Waals surface area contributed by atoms with E-state index in [1.54, 1.807) is 60.1 Å². The fourth-order valence-electron chi connectivity index (χ4n) is 3.65. The first kappa shape index (κ1) is 24.2. The number of sulfonamides is 1. The fourth-order valence-corrected chi connectivity index (χ4v) is 4.71. The summed E-state index contributed by atoms with van der Waals surface area (Å²) < 4.78 is 40.9. The highest BCUT2D eigenvalue weighted by Crippen LogP contribution is 2.25. The maximum Gasteiger partial charge on any atom is 0.261 e. The molecular weight excluding hydrogens is 492 g/mol. The third kappa shape index (κ3) is 5.07. The van der Waals surface area contributed by atoms with Crippen LogP contribution in [-0.2, 0) is 10.0 Å². The molecule has 11 heteroatoms. The van der Waals surface area contributed by atoms with Crippen LogP contribution < -0.4 is 9.46 Å². The predicted molar refractivity (Wildman–Crippen MR) is 137 cm³/mol. The molecule has 2 aromatic carbocycles. The maximum absolute atomic E-state index is 12.8. The third-order valence-corrected chi connectivity index (χ3v) is 7.30. The van der Waals surface area contributed by atoms with Crippen molar-refractivity contribution < 1.29 is 17.6 Å². The van der Waals surface area contributed by atoms with Gasteiger partial charge < -0.3 is 9.15 Å². The lowest BCUT2D eigenvalue weighted by molar-refractivity contribution is 0.454. The van der Waals surface area contributed by atoms with Crippen molar-refractivity contribution in [3.8, 4) is 28.7 Å². The number of nitrogens with one attached hydrogen (secondary N) is 1. The van der Waals surface area contributed by atoms with Crippen molar-refractivity contribution >= 4 is 15.7 Å². The summed E-state index contributed by atoms with van der Waals surface area (Å²) in [5, 5.41) is 12.8. The molecule has 0 aliphatic rings. The number of rotatable bonds is 7. The second-order valence-electron chi connectivity index (χ2n) is 8.45. The normalized spacial score (nSPS) is 11.5. The molecule has 5 aromatic rings. The van der Waals surface area contributed by atoms with Gasteiger partial charge in [-0.2, -0.15) is 5.10 Å². The third-order valence-electron chi connectivity index (χ3n) is 5.90. The van der Waals surface area contributed by atoms with E-state index < -0.39 is 10.0 Å². The summed E-state index contributed by atoms with van der Waals surface area (Å²) in [6.45, 7) is 7.69. The molecule has 1 N–H and O–H groups in total. The SMILES string of the molecule is Cc1nc(-c2ccc(S(=O)(=O)Nc3ccc(Oc4ccc(-n5nc(C)c(C)c5C)nn4)cc3)cc2)co1. The van der Waals surface area contributed by atoms with Gasteiger partial charge in [0.05, 0.1) is 10.6 Å². The first-order valence-corrected chi connectivity index (χ1v) is 12.9. The molecule has 3 aromatic heterocycles. The summed E-state index contributed by atoms with van der Waals surface area (Å²) in [5.41, 5.74) is 4.85. The van der Waals surface area contributed by atoms with Gasteiger partial charge in [0.25, 0.3) is 10.0 Å². The Morgan fingerprint density at radius 1 is 0.892 bits per heavy atom. The highest BCUT2D eigenvalue weighted by atomic mass is 32.2. The number of anilines is 1. The summed E-state index contributed by atoms with van der Waals surface area (Å²) in [6.07, 6.45) is 1.53. The molecule has 0 spiro atoms. The molecule has 0 amide bonds. The highest BCUT2D eigenvalue weighted by Gasteiger charge is 2.15. The van der Waals surface area contributed by atoms with Crippen LogP contribution in [0.25, 0.3) is 17.1 Å². The average molecular weight is 517 g/mol. The van der Waals surface area contributed by atoms with E-state index in [1.165, 1.54) is 18.4 Å². The Kier molecular flexibility index (Phi) is 6.22. The van der Waals surface area contributed by atoms with E-state index in [0.717, 1.165) is 22.5 Å². The monoisotopic (exact) mass is 516 g/mol. The Labute approximate surface area is 214 Å². The predicted octanol–water partition coefficient (Wildman–Crippen LogP) is 5.14. The van der Waals surface area contributed by atoms with Gasteiger partial charge in [0.2, 0.25) is 5.88 Å². The zero-order valence-electron chi connectivity index (χ0n) is 20.6. The molecule has 0 saturated carbocycles. The van der Waals surface area contributed by atoms with Gasteiger partial charge in [-0.3, -0.25) is 4.72 Å². The van der Waals surface area contributed by atoms with Crippen molar-refractivity contribution in [2.75, 3.05) is 4.72 Å². The zero-order valence-corrected chi connectivity index (χ0v) is 21.4. The van der Waals surface area contributed by atoms with Crippen molar-refractivity contribution in [2.45, 2.75) is 32.6 Å². The van der Waals surface area contributed by atoms with E-state index in [4.69, 9.17) is 9.15 Å². The number of aryl methyl sites for hydroxylation is 2. The lowest BCUT2D eigenvalue weighted by Crippen LogP contribution is -2.12. The number of benzene rings is 2. The van der Waals surface area contributed by atoms with E-state index in [0.29, 0.717) is 34.7 Å². The number of aromatic nitrogens is 5. The van der Waals surface area contributed by atoms with Gasteiger partial charge in [-0.1, -0.05) is 12.1 Å². The number of hydrogen-bond acceptors (Lipinski definition) is 8. The molecule has 0 radical (unpaired) electrons. The van der Waals surface area contributed by atoms with E-state index in [2.05, 4.69) is 25.0 Å². The van der Waals surface area contributed by atoms with Gasteiger partial charge in [-0.25, -0.2) is 18.1 Å². The van der Waals surface area contributed by atoms with Crippen LogP contribution in [0.1, 0.15) is 22.8 Å². The van der Waals surface area contributed by atoms with E-state index in [1.807, 2.05) is 20.8 Å². The zero-order chi connectivity index (χ0) is 26.2. The molecule has 10 nitrogen and oxygen atoms in total. The number of oxazole rings is 1. The van der Waals surface area contributed by atoms with Crippen molar-refractivity contribution in [1.29, 1.82) is 0 Å². The van der Waals surface area contributed by atoms with E-state index in [-0.39, 0.29) is 4.90 Å². The van der Waals surface area contributed by atoms with Gasteiger partial charge in [0, 0.05) is 29.9 Å². The Morgan fingerprint density at radius 2 is 1.62 bits per heavy atom. The molecule has 0 aliphatic heterocycles. The highest BCUT2D eigenvalue weighted by molar-refractivity contribution is 7.92. The Morgan fingerprint density at radius 3 is 2.19 bits per heavy atom. The van der Waals surface area contributed by atoms with E-state index >= 15 is 0 Å². The van der Waals surface area contributed by atoms with Crippen LogP contribution in [0.3, 0.4) is 0 Å². The van der Waals surface area contributed by atoms with Crippen LogP contribution in [0.15, 0.2) is 76.2 Å². The lowest BCUT2D eigenvalue weighted by Gasteiger charge is -2.10. The van der Waals surface area contributed by atoms with E-state index in [9.17, 15) is 8.42 Å². The number of hydrogen-bond donors (Lipinski definition) is 1. The van der Waals surface area contributed by atoms with Crippen LogP contribution in [-0.4, -0.2) is 33.4 Å². The summed E-state index contributed by atoms with van der Waals surface area (Å²) in [6, 6.07) is 16.4. The van der Waals surface area contributed by atoms with Gasteiger partial charge >= 0.3 is 0 Å². The molecule has 5 rings (SSSR count). The Bertz CT molecular complexity index is 1660. The van der Waals surface area contributed by atoms with Gasteiger partial charge in [0.1, 0.15) is 17.7 Å². The molecule has 3 heterocycles. The Hall–Kier alpha value is -4.51. The fraction of sp³-hybridized carbons (Fsp3) is 0.154. The topological polar surface area (TPSA) is 125 Å². The van der Waals surface area contributed by atoms with Crippen LogP contribution in [0, 0.1) is 27.7 Å². The quantitative estimate of drug-likeness (QED) is 0.315. The minimum absolute atomic E-state index is 0.130. The molecular formula is C26H24N6O4S. The molecule has 0 atom stereocenters. The van der Waals surface area contributed by atoms with Crippen molar-refractivity contribution in [3.05, 3.63) is 89.8 Å². The maximum atomic E-state index is 12.8. The van der Waals surface area contributed by atoms with Gasteiger partial charge in [0.15, 0.2) is 11.7 Å². The molecule has 188 valence electrons. The minimum atomic E-state index is -3.78. The summed E-state index contributed by atoms with van der Waals surface area (Å²) in [7, 11) is -3.78. The second kappa shape index (κ2) is 9.51. The largest absolute Gasteiger partial charge is 0.449 e. The lowest BCUT2D eigenvalue weighted by atomic mass is 10.2. The van der Waals surface area contributed by atoms with Crippen molar-refractivity contribution in [2.24, 2.45) is 0 Å². The van der Waals surface area contributed by atoms with Gasteiger partial charge in [-0.15, -0.1) is 10.2 Å². The molecule has 0 saturated heterocycles. The summed E-state index contributed by atoms with van der Waals surface area (Å²) >= 11 is 0. The standard InChI is InChI=1S/C26H24N6O4S/c1-16-17(2)30-32(18(16)3)25-13-14-26(29-28-25)36-22-9-7-21(8-10-22)31-37(33,34)23-11-5-20(6-12-23)24-15-35-19(4)27-24/h5-15,31H,1-4H3. The van der Waals surface area contributed by atoms with Crippen LogP contribution in [0.2, 0.25) is 0 Å². The van der Waals surface area contributed by atoms with Crippen molar-refractivity contribution in [3.63, 3.8) is 0 Å². The number of nitrogens with zero attached hydrogens (tertiary/aromatic N) is 5. The number of ether oxygens (including phenoxy) is 1. The van der Waals surface area contributed by atoms with Crippen LogP contribution in [0.5, 0.6) is 11.6 Å². The smallest absolute Gasteiger partial charge is 0.261 e. The van der Waals surface area contributed by atoms with Crippen LogP contribution >= 0.6 is 0 Å². The average Bonchev–Trinajstić information content (AvgIpc) is 3.44. The Balaban J connectivity index is 1.24. The molecule has 0 bridgehead atoms. The summed E-state index contributed by atoms with van der Waals surface area (Å²) in [5.74, 6) is 1.92. The van der Waals surface area contributed by atoms with Crippen LogP contribution in [0.4, 0.5) is 5.69 Å². The van der Waals surface area contributed by atoms with Crippen molar-refractivity contribution in [1.82, 2.24) is 25.0 Å². The molecule has 0 aliphatic carbocycles. The first-order chi connectivity index (χ1) is 17.7. The molecule has 0 fully saturated rings. The molecule has 0 unspecified atom stereocenters. The second-order valence-corrected chi connectivity index (χ2v) is 10.1. The molecule has 37 heavy (non-hydrogen) atoms. The van der Waals surface area contributed by atoms with Gasteiger partial charge in [-0.05, 0) is 68.8 Å². The summed E-state index contributed by atoms with van der Waals surface area (Å²) in [4.78, 5) is 4.38. The first-order valence-electron chi connectivity index (χ1n) is 11.4.